The molecule has 0 saturated carbocycles. The highest BCUT2D eigenvalue weighted by molar-refractivity contribution is 5.95. The molecule has 1 rings (SSSR count). The Morgan fingerprint density at radius 1 is 1.32 bits per heavy atom. The van der Waals surface area contributed by atoms with Gasteiger partial charge in [-0.25, -0.2) is 0 Å². The van der Waals surface area contributed by atoms with E-state index in [1.165, 1.54) is 0 Å². The van der Waals surface area contributed by atoms with Gasteiger partial charge in [0.05, 0.1) is 6.61 Å². The van der Waals surface area contributed by atoms with Crippen molar-refractivity contribution in [3.8, 4) is 0 Å². The topological polar surface area (TPSA) is 104 Å². The molecule has 5 N–H and O–H groups in total. The monoisotopic (exact) mass is 265 g/mol. The zero-order valence-electron chi connectivity index (χ0n) is 10.8. The molecule has 0 aliphatic rings. The van der Waals surface area contributed by atoms with E-state index in [1.54, 1.807) is 31.2 Å². The van der Waals surface area contributed by atoms with E-state index in [4.69, 9.17) is 10.8 Å². The fraction of sp³-hybridized carbons (Fsp3) is 0.385. The summed E-state index contributed by atoms with van der Waals surface area (Å²) in [5.41, 5.74) is 6.61. The molecule has 0 bridgehead atoms. The molecule has 1 atom stereocenters. The number of nitrogens with one attached hydrogen (secondary N) is 2. The molecule has 1 unspecified atom stereocenters. The summed E-state index contributed by atoms with van der Waals surface area (Å²) in [6.07, 6.45) is 0.249. The highest BCUT2D eigenvalue weighted by Gasteiger charge is 2.07. The molecule has 0 heterocycles. The van der Waals surface area contributed by atoms with Gasteiger partial charge in [0.25, 0.3) is 5.91 Å². The molecule has 1 aromatic carbocycles. The summed E-state index contributed by atoms with van der Waals surface area (Å²) in [7, 11) is 0. The van der Waals surface area contributed by atoms with Crippen LogP contribution in [0.3, 0.4) is 0 Å². The standard InChI is InChI=1S/C13H19N3O3/c1-9(14)8-12(18)16-11-4-2-10(3-5-11)13(19)15-6-7-17/h2-5,9,17H,6-8,14H2,1H3,(H,15,19)(H,16,18). The lowest BCUT2D eigenvalue weighted by Crippen LogP contribution is -2.26. The van der Waals surface area contributed by atoms with Crippen LogP contribution in [-0.4, -0.2) is 36.1 Å². The van der Waals surface area contributed by atoms with Gasteiger partial charge in [0.15, 0.2) is 0 Å². The van der Waals surface area contributed by atoms with E-state index < -0.39 is 0 Å². The van der Waals surface area contributed by atoms with Crippen molar-refractivity contribution in [2.24, 2.45) is 5.73 Å². The van der Waals surface area contributed by atoms with Crippen molar-refractivity contribution >= 4 is 17.5 Å². The molecule has 19 heavy (non-hydrogen) atoms. The Kier molecular flexibility index (Phi) is 5.98. The van der Waals surface area contributed by atoms with Crippen molar-refractivity contribution < 1.29 is 14.7 Å². The number of rotatable bonds is 6. The number of anilines is 1. The number of nitrogens with two attached hydrogens (primary N) is 1. The van der Waals surface area contributed by atoms with Crippen LogP contribution in [0.15, 0.2) is 24.3 Å². The molecule has 0 saturated heterocycles. The number of aliphatic hydroxyl groups excluding tert-OH is 1. The molecule has 6 nitrogen and oxygen atoms in total. The number of hydrogen-bond acceptors (Lipinski definition) is 4. The van der Waals surface area contributed by atoms with Crippen LogP contribution >= 0.6 is 0 Å². The summed E-state index contributed by atoms with van der Waals surface area (Å²) in [6.45, 7) is 1.87. The van der Waals surface area contributed by atoms with E-state index in [-0.39, 0.29) is 37.4 Å². The third kappa shape index (κ3) is 5.50. The van der Waals surface area contributed by atoms with Gasteiger partial charge in [-0.05, 0) is 31.2 Å². The van der Waals surface area contributed by atoms with Gasteiger partial charge >= 0.3 is 0 Å². The molecule has 104 valence electrons. The van der Waals surface area contributed by atoms with E-state index in [0.717, 1.165) is 0 Å². The van der Waals surface area contributed by atoms with E-state index in [1.807, 2.05) is 0 Å². The molecule has 6 heteroatoms. The van der Waals surface area contributed by atoms with Crippen molar-refractivity contribution in [2.75, 3.05) is 18.5 Å². The Morgan fingerprint density at radius 3 is 2.47 bits per heavy atom. The molecule has 0 aliphatic carbocycles. The van der Waals surface area contributed by atoms with E-state index in [9.17, 15) is 9.59 Å². The van der Waals surface area contributed by atoms with Crippen molar-refractivity contribution in [1.82, 2.24) is 5.32 Å². The lowest BCUT2D eigenvalue weighted by Gasteiger charge is -2.08. The number of aliphatic hydroxyl groups is 1. The van der Waals surface area contributed by atoms with Crippen LogP contribution in [0.2, 0.25) is 0 Å². The van der Waals surface area contributed by atoms with Gasteiger partial charge < -0.3 is 21.5 Å². The molecule has 0 spiro atoms. The van der Waals surface area contributed by atoms with Crippen LogP contribution in [0.1, 0.15) is 23.7 Å². The Balaban J connectivity index is 2.56. The van der Waals surface area contributed by atoms with Gasteiger partial charge in [0, 0.05) is 30.3 Å². The van der Waals surface area contributed by atoms with Gasteiger partial charge in [0.1, 0.15) is 0 Å². The third-order valence-corrected chi connectivity index (χ3v) is 2.34. The van der Waals surface area contributed by atoms with Crippen LogP contribution in [0.5, 0.6) is 0 Å². The van der Waals surface area contributed by atoms with Gasteiger partial charge in [-0.3, -0.25) is 9.59 Å². The minimum atomic E-state index is -0.262. The number of amides is 2. The first-order valence-electron chi connectivity index (χ1n) is 6.07. The zero-order valence-corrected chi connectivity index (χ0v) is 10.8. The molecular weight excluding hydrogens is 246 g/mol. The quantitative estimate of drug-likeness (QED) is 0.585. The lowest BCUT2D eigenvalue weighted by atomic mass is 10.2. The maximum Gasteiger partial charge on any atom is 0.251 e. The Morgan fingerprint density at radius 2 is 1.95 bits per heavy atom. The largest absolute Gasteiger partial charge is 0.395 e. The fourth-order valence-electron chi connectivity index (χ4n) is 1.48. The fourth-order valence-corrected chi connectivity index (χ4v) is 1.48. The van der Waals surface area contributed by atoms with Crippen LogP contribution in [-0.2, 0) is 4.79 Å². The van der Waals surface area contributed by atoms with Crippen molar-refractivity contribution in [2.45, 2.75) is 19.4 Å². The summed E-state index contributed by atoms with van der Waals surface area (Å²) in [4.78, 5) is 23.0. The molecular formula is C13H19N3O3. The maximum atomic E-state index is 11.6. The summed E-state index contributed by atoms with van der Waals surface area (Å²) in [5, 5.41) is 13.8. The number of carbonyl (C=O) groups excluding carboxylic acids is 2. The molecule has 1 aromatic rings. The minimum absolute atomic E-state index is 0.100. The highest BCUT2D eigenvalue weighted by Crippen LogP contribution is 2.10. The predicted octanol–water partition coefficient (Wildman–Crippen LogP) is 0.0845. The third-order valence-electron chi connectivity index (χ3n) is 2.34. The van der Waals surface area contributed by atoms with Crippen LogP contribution in [0, 0.1) is 0 Å². The lowest BCUT2D eigenvalue weighted by molar-refractivity contribution is -0.116. The van der Waals surface area contributed by atoms with Gasteiger partial charge in [-0.2, -0.15) is 0 Å². The number of benzene rings is 1. The van der Waals surface area contributed by atoms with Crippen molar-refractivity contribution in [3.63, 3.8) is 0 Å². The van der Waals surface area contributed by atoms with Gasteiger partial charge in [-0.1, -0.05) is 0 Å². The van der Waals surface area contributed by atoms with Crippen LogP contribution in [0.25, 0.3) is 0 Å². The Labute approximate surface area is 112 Å². The SMILES string of the molecule is CC(N)CC(=O)Nc1ccc(C(=O)NCCO)cc1. The first kappa shape index (κ1) is 15.1. The predicted molar refractivity (Wildman–Crippen MR) is 72.8 cm³/mol. The first-order valence-corrected chi connectivity index (χ1v) is 6.07. The van der Waals surface area contributed by atoms with E-state index >= 15 is 0 Å². The van der Waals surface area contributed by atoms with E-state index in [2.05, 4.69) is 10.6 Å². The average Bonchev–Trinajstić information content (AvgIpc) is 2.35. The average molecular weight is 265 g/mol. The van der Waals surface area contributed by atoms with Crippen LogP contribution in [0.4, 0.5) is 5.69 Å². The summed E-state index contributed by atoms with van der Waals surface area (Å²) >= 11 is 0. The van der Waals surface area contributed by atoms with E-state index in [0.29, 0.717) is 11.3 Å². The summed E-state index contributed by atoms with van der Waals surface area (Å²) < 4.78 is 0. The Bertz CT molecular complexity index is 429. The highest BCUT2D eigenvalue weighted by atomic mass is 16.3. The minimum Gasteiger partial charge on any atom is -0.395 e. The maximum absolute atomic E-state index is 11.6. The normalized spacial score (nSPS) is 11.7. The van der Waals surface area contributed by atoms with Crippen molar-refractivity contribution in [3.05, 3.63) is 29.8 Å². The van der Waals surface area contributed by atoms with Gasteiger partial charge in [0.2, 0.25) is 5.91 Å². The molecule has 0 aromatic heterocycles. The van der Waals surface area contributed by atoms with Gasteiger partial charge in [-0.15, -0.1) is 0 Å². The second-order valence-electron chi connectivity index (χ2n) is 4.29. The molecule has 0 radical (unpaired) electrons. The van der Waals surface area contributed by atoms with Crippen molar-refractivity contribution in [1.29, 1.82) is 0 Å². The molecule has 0 aliphatic heterocycles. The summed E-state index contributed by atoms with van der Waals surface area (Å²) in [6, 6.07) is 6.31. The second-order valence-corrected chi connectivity index (χ2v) is 4.29. The Hall–Kier alpha value is -1.92. The zero-order chi connectivity index (χ0) is 14.3. The van der Waals surface area contributed by atoms with Crippen LogP contribution < -0.4 is 16.4 Å². The summed E-state index contributed by atoms with van der Waals surface area (Å²) in [5.74, 6) is -0.421. The smallest absolute Gasteiger partial charge is 0.251 e. The molecule has 0 fully saturated rings. The number of carbonyl (C=O) groups is 2. The number of hydrogen-bond donors (Lipinski definition) is 4. The first-order chi connectivity index (χ1) is 9.02. The second kappa shape index (κ2) is 7.50. The molecule has 2 amide bonds.